The second kappa shape index (κ2) is 8.41. The molecule has 3 heterocycles. The number of likely N-dealkylation sites (tertiary alicyclic amines) is 1. The lowest BCUT2D eigenvalue weighted by molar-refractivity contribution is -0.131. The third-order valence-corrected chi connectivity index (χ3v) is 4.77. The van der Waals surface area contributed by atoms with Gasteiger partial charge in [-0.25, -0.2) is 8.78 Å². The summed E-state index contributed by atoms with van der Waals surface area (Å²) < 4.78 is 28.7. The number of hydrogen-bond donors (Lipinski definition) is 1. The number of alkyl halides is 2. The first-order valence-corrected chi connectivity index (χ1v) is 9.16. The maximum Gasteiger partial charge on any atom is 0.268 e. The van der Waals surface area contributed by atoms with E-state index >= 15 is 0 Å². The Kier molecular flexibility index (Phi) is 5.91. The van der Waals surface area contributed by atoms with Gasteiger partial charge in [-0.05, 0) is 24.6 Å². The molecular weight excluding hydrogens is 394 g/mol. The molecule has 0 bridgehead atoms. The molecule has 3 rings (SSSR count). The number of nitrogens with zero attached hydrogens (tertiary/aromatic N) is 5. The summed E-state index contributed by atoms with van der Waals surface area (Å²) in [6, 6.07) is 2.01. The van der Waals surface area contributed by atoms with E-state index in [0.29, 0.717) is 5.56 Å². The van der Waals surface area contributed by atoms with Crippen molar-refractivity contribution in [2.45, 2.75) is 25.3 Å². The van der Waals surface area contributed by atoms with E-state index in [1.807, 2.05) is 13.1 Å². The molecule has 1 saturated heterocycles. The number of aryl methyl sites for hydroxylation is 1. The van der Waals surface area contributed by atoms with Crippen molar-refractivity contribution in [1.82, 2.24) is 25.0 Å². The Balaban J connectivity index is 1.71. The number of rotatable bonds is 5. The molecule has 1 aliphatic heterocycles. The van der Waals surface area contributed by atoms with E-state index in [2.05, 4.69) is 15.4 Å². The van der Waals surface area contributed by atoms with E-state index < -0.39 is 43.3 Å². The fraction of sp³-hybridized carbons (Fsp3) is 0.350. The van der Waals surface area contributed by atoms with Gasteiger partial charge in [-0.1, -0.05) is 0 Å². The Morgan fingerprint density at radius 1 is 1.43 bits per heavy atom. The topological polar surface area (TPSA) is 104 Å². The molecule has 1 fully saturated rings. The van der Waals surface area contributed by atoms with E-state index in [-0.39, 0.29) is 5.56 Å². The first-order chi connectivity index (χ1) is 14.2. The number of pyridine rings is 1. The maximum absolute atomic E-state index is 13.5. The normalized spacial score (nSPS) is 18.2. The summed E-state index contributed by atoms with van der Waals surface area (Å²) in [5.74, 6) is -4.38. The van der Waals surface area contributed by atoms with Crippen molar-refractivity contribution in [3.05, 3.63) is 47.5 Å². The molecule has 2 amide bonds. The van der Waals surface area contributed by atoms with Gasteiger partial charge in [0.15, 0.2) is 0 Å². The van der Waals surface area contributed by atoms with Gasteiger partial charge in [-0.2, -0.15) is 10.4 Å². The standard InChI is InChI=1S/C20H20F2N6O2/c1-13(15-9-26-27(2)11-15)5-14-8-24-4-3-17(14)19(30)25-10-18(29)28-12-20(21,22)6-16(28)7-23/h3-5,8-9,11,16H,6,10,12H2,1-2H3,(H,25,30). The smallest absolute Gasteiger partial charge is 0.268 e. The lowest BCUT2D eigenvalue weighted by Crippen LogP contribution is -2.43. The molecule has 2 aromatic heterocycles. The summed E-state index contributed by atoms with van der Waals surface area (Å²) >= 11 is 0. The Labute approximate surface area is 171 Å². The van der Waals surface area contributed by atoms with Gasteiger partial charge in [0.2, 0.25) is 5.91 Å². The van der Waals surface area contributed by atoms with Crippen molar-refractivity contribution in [2.24, 2.45) is 7.05 Å². The molecule has 0 radical (unpaired) electrons. The Morgan fingerprint density at radius 2 is 2.20 bits per heavy atom. The zero-order valence-electron chi connectivity index (χ0n) is 16.5. The summed E-state index contributed by atoms with van der Waals surface area (Å²) in [4.78, 5) is 29.7. The average molecular weight is 414 g/mol. The van der Waals surface area contributed by atoms with E-state index in [1.165, 1.54) is 18.5 Å². The van der Waals surface area contributed by atoms with Crippen LogP contribution in [0.4, 0.5) is 8.78 Å². The number of carbonyl (C=O) groups is 2. The van der Waals surface area contributed by atoms with Crippen molar-refractivity contribution < 1.29 is 18.4 Å². The van der Waals surface area contributed by atoms with E-state index in [1.54, 1.807) is 30.1 Å². The van der Waals surface area contributed by atoms with Crippen molar-refractivity contribution in [1.29, 1.82) is 5.26 Å². The SMILES string of the molecule is CC(=Cc1cnccc1C(=O)NCC(=O)N1CC(F)(F)CC1C#N)c1cnn(C)c1. The Bertz CT molecular complexity index is 1040. The van der Waals surface area contributed by atoms with Gasteiger partial charge in [-0.3, -0.25) is 19.3 Å². The Morgan fingerprint density at radius 3 is 2.87 bits per heavy atom. The lowest BCUT2D eigenvalue weighted by Gasteiger charge is -2.19. The van der Waals surface area contributed by atoms with Gasteiger partial charge < -0.3 is 10.2 Å². The van der Waals surface area contributed by atoms with Gasteiger partial charge >= 0.3 is 0 Å². The van der Waals surface area contributed by atoms with Crippen LogP contribution >= 0.6 is 0 Å². The van der Waals surface area contributed by atoms with Gasteiger partial charge in [-0.15, -0.1) is 0 Å². The molecule has 0 aliphatic carbocycles. The molecule has 156 valence electrons. The predicted molar refractivity (Wildman–Crippen MR) is 104 cm³/mol. The predicted octanol–water partition coefficient (Wildman–Crippen LogP) is 1.87. The first kappa shape index (κ1) is 21.1. The molecule has 1 N–H and O–H groups in total. The summed E-state index contributed by atoms with van der Waals surface area (Å²) in [6.45, 7) is 0.554. The molecule has 1 atom stereocenters. The van der Waals surface area contributed by atoms with E-state index in [9.17, 15) is 18.4 Å². The summed E-state index contributed by atoms with van der Waals surface area (Å²) in [5.41, 5.74) is 2.55. The number of hydrogen-bond acceptors (Lipinski definition) is 5. The van der Waals surface area contributed by atoms with Gasteiger partial charge in [0, 0.05) is 48.7 Å². The largest absolute Gasteiger partial charge is 0.343 e. The van der Waals surface area contributed by atoms with Crippen LogP contribution < -0.4 is 5.32 Å². The summed E-state index contributed by atoms with van der Waals surface area (Å²) in [7, 11) is 1.80. The number of nitrogens with one attached hydrogen (secondary N) is 1. The lowest BCUT2D eigenvalue weighted by atomic mass is 10.0. The summed E-state index contributed by atoms with van der Waals surface area (Å²) in [6.07, 6.45) is 7.56. The third kappa shape index (κ3) is 4.68. The van der Waals surface area contributed by atoms with Crippen LogP contribution in [0.25, 0.3) is 11.6 Å². The molecular formula is C20H20F2N6O2. The third-order valence-electron chi connectivity index (χ3n) is 4.77. The van der Waals surface area contributed by atoms with Crippen molar-refractivity contribution in [3.8, 4) is 6.07 Å². The minimum atomic E-state index is -3.10. The molecule has 10 heteroatoms. The van der Waals surface area contributed by atoms with Crippen LogP contribution in [0.5, 0.6) is 0 Å². The number of aromatic nitrogens is 3. The van der Waals surface area contributed by atoms with E-state index in [4.69, 9.17) is 5.26 Å². The molecule has 30 heavy (non-hydrogen) atoms. The number of nitriles is 1. The van der Waals surface area contributed by atoms with Crippen LogP contribution in [0.2, 0.25) is 0 Å². The van der Waals surface area contributed by atoms with Crippen molar-refractivity contribution >= 4 is 23.5 Å². The number of halogens is 2. The monoisotopic (exact) mass is 414 g/mol. The zero-order chi connectivity index (χ0) is 21.9. The molecule has 0 spiro atoms. The molecule has 8 nitrogen and oxygen atoms in total. The highest BCUT2D eigenvalue weighted by molar-refractivity contribution is 6.00. The van der Waals surface area contributed by atoms with Crippen molar-refractivity contribution in [3.63, 3.8) is 0 Å². The quantitative estimate of drug-likeness (QED) is 0.804. The maximum atomic E-state index is 13.5. The van der Waals surface area contributed by atoms with Gasteiger partial charge in [0.25, 0.3) is 11.8 Å². The average Bonchev–Trinajstić information content (AvgIpc) is 3.28. The summed E-state index contributed by atoms with van der Waals surface area (Å²) in [5, 5.41) is 15.6. The van der Waals surface area contributed by atoms with Crippen LogP contribution in [0.1, 0.15) is 34.8 Å². The molecule has 2 aromatic rings. The van der Waals surface area contributed by atoms with Gasteiger partial charge in [0.1, 0.15) is 6.04 Å². The molecule has 1 aliphatic rings. The highest BCUT2D eigenvalue weighted by Crippen LogP contribution is 2.31. The number of carbonyl (C=O) groups excluding carboxylic acids is 2. The second-order valence-corrected chi connectivity index (χ2v) is 7.10. The fourth-order valence-corrected chi connectivity index (χ4v) is 3.22. The Hall–Kier alpha value is -3.61. The highest BCUT2D eigenvalue weighted by Gasteiger charge is 2.47. The van der Waals surface area contributed by atoms with Crippen LogP contribution in [0.15, 0.2) is 30.9 Å². The van der Waals surface area contributed by atoms with Gasteiger partial charge in [0.05, 0.1) is 25.4 Å². The first-order valence-electron chi connectivity index (χ1n) is 9.16. The minimum Gasteiger partial charge on any atom is -0.343 e. The minimum absolute atomic E-state index is 0.282. The molecule has 1 unspecified atom stereocenters. The van der Waals surface area contributed by atoms with Crippen molar-refractivity contribution in [2.75, 3.05) is 13.1 Å². The second-order valence-electron chi connectivity index (χ2n) is 7.10. The number of allylic oxidation sites excluding steroid dienone is 1. The zero-order valence-corrected chi connectivity index (χ0v) is 16.5. The van der Waals surface area contributed by atoms with E-state index in [0.717, 1.165) is 16.0 Å². The fourth-order valence-electron chi connectivity index (χ4n) is 3.22. The van der Waals surface area contributed by atoms with Crippen LogP contribution in [0.3, 0.4) is 0 Å². The molecule has 0 saturated carbocycles. The highest BCUT2D eigenvalue weighted by atomic mass is 19.3. The van der Waals surface area contributed by atoms with Crippen LogP contribution in [-0.2, 0) is 11.8 Å². The molecule has 0 aromatic carbocycles. The van der Waals surface area contributed by atoms with Crippen LogP contribution in [0, 0.1) is 11.3 Å². The van der Waals surface area contributed by atoms with Crippen LogP contribution in [-0.4, -0.2) is 56.5 Å². The number of amides is 2.